The van der Waals surface area contributed by atoms with Gasteiger partial charge in [0.25, 0.3) is 0 Å². The molecule has 2 aromatic rings. The van der Waals surface area contributed by atoms with Crippen LogP contribution in [0.3, 0.4) is 0 Å². The zero-order valence-corrected chi connectivity index (χ0v) is 9.73. The van der Waals surface area contributed by atoms with Gasteiger partial charge in [-0.1, -0.05) is 17.7 Å². The minimum absolute atomic E-state index is 0.350. The van der Waals surface area contributed by atoms with E-state index in [1.54, 1.807) is 30.7 Å². The van der Waals surface area contributed by atoms with E-state index in [9.17, 15) is 4.39 Å². The number of nitrogens with two attached hydrogens (primary N) is 1. The number of hydrogen-bond acceptors (Lipinski definition) is 3. The third-order valence-corrected chi connectivity index (χ3v) is 2.65. The SMILES string of the molecule is NC(Cc1ccc(Cl)cc1F)c1cnccn1. The largest absolute Gasteiger partial charge is 0.322 e. The number of halogens is 2. The van der Waals surface area contributed by atoms with Crippen molar-refractivity contribution in [2.24, 2.45) is 5.73 Å². The maximum absolute atomic E-state index is 13.6. The molecule has 1 aromatic carbocycles. The summed E-state index contributed by atoms with van der Waals surface area (Å²) in [5.41, 5.74) is 7.09. The first-order valence-electron chi connectivity index (χ1n) is 5.12. The number of rotatable bonds is 3. The Morgan fingerprint density at radius 3 is 2.82 bits per heavy atom. The predicted molar refractivity (Wildman–Crippen MR) is 64.1 cm³/mol. The topological polar surface area (TPSA) is 51.8 Å². The lowest BCUT2D eigenvalue weighted by molar-refractivity contribution is 0.589. The first-order chi connectivity index (χ1) is 8.16. The van der Waals surface area contributed by atoms with Crippen molar-refractivity contribution in [3.63, 3.8) is 0 Å². The minimum Gasteiger partial charge on any atom is -0.322 e. The van der Waals surface area contributed by atoms with Crippen molar-refractivity contribution in [2.75, 3.05) is 0 Å². The highest BCUT2D eigenvalue weighted by atomic mass is 35.5. The second-order valence-corrected chi connectivity index (χ2v) is 4.11. The Morgan fingerprint density at radius 1 is 1.35 bits per heavy atom. The van der Waals surface area contributed by atoms with Gasteiger partial charge in [0.05, 0.1) is 11.7 Å². The minimum atomic E-state index is -0.376. The molecule has 0 bridgehead atoms. The Balaban J connectivity index is 2.16. The van der Waals surface area contributed by atoms with Crippen LogP contribution in [0.4, 0.5) is 4.39 Å². The molecule has 2 N–H and O–H groups in total. The maximum Gasteiger partial charge on any atom is 0.127 e. The van der Waals surface area contributed by atoms with Crippen LogP contribution in [0, 0.1) is 5.82 Å². The van der Waals surface area contributed by atoms with Crippen LogP contribution in [0.1, 0.15) is 17.3 Å². The van der Waals surface area contributed by atoms with Crippen molar-refractivity contribution in [1.29, 1.82) is 0 Å². The molecule has 1 atom stereocenters. The molecule has 3 nitrogen and oxygen atoms in total. The van der Waals surface area contributed by atoms with Crippen molar-refractivity contribution in [1.82, 2.24) is 9.97 Å². The molecule has 0 amide bonds. The predicted octanol–water partition coefficient (Wildman–Crippen LogP) is 2.51. The summed E-state index contributed by atoms with van der Waals surface area (Å²) in [4.78, 5) is 8.01. The Bertz CT molecular complexity index is 504. The molecule has 1 aromatic heterocycles. The molecular formula is C12H11ClFN3. The molecule has 0 saturated heterocycles. The molecule has 5 heteroatoms. The lowest BCUT2D eigenvalue weighted by Gasteiger charge is -2.11. The summed E-state index contributed by atoms with van der Waals surface area (Å²) in [6, 6.07) is 4.18. The molecule has 0 radical (unpaired) electrons. The monoisotopic (exact) mass is 251 g/mol. The van der Waals surface area contributed by atoms with E-state index in [4.69, 9.17) is 17.3 Å². The molecule has 0 spiro atoms. The van der Waals surface area contributed by atoms with Crippen molar-refractivity contribution < 1.29 is 4.39 Å². The van der Waals surface area contributed by atoms with Crippen molar-refractivity contribution in [3.8, 4) is 0 Å². The van der Waals surface area contributed by atoms with Gasteiger partial charge < -0.3 is 5.73 Å². The molecule has 0 aliphatic rings. The molecule has 1 unspecified atom stereocenters. The van der Waals surface area contributed by atoms with Gasteiger partial charge in [0, 0.05) is 23.6 Å². The van der Waals surface area contributed by atoms with E-state index in [2.05, 4.69) is 9.97 Å². The average molecular weight is 252 g/mol. The molecule has 88 valence electrons. The number of benzene rings is 1. The smallest absolute Gasteiger partial charge is 0.127 e. The average Bonchev–Trinajstić information content (AvgIpc) is 2.34. The summed E-state index contributed by atoms with van der Waals surface area (Å²) in [6.45, 7) is 0. The third kappa shape index (κ3) is 2.99. The van der Waals surface area contributed by atoms with Crippen LogP contribution in [-0.2, 0) is 6.42 Å². The van der Waals surface area contributed by atoms with E-state index < -0.39 is 0 Å². The lowest BCUT2D eigenvalue weighted by atomic mass is 10.0. The third-order valence-electron chi connectivity index (χ3n) is 2.42. The zero-order chi connectivity index (χ0) is 12.3. The lowest BCUT2D eigenvalue weighted by Crippen LogP contribution is -2.15. The summed E-state index contributed by atoms with van der Waals surface area (Å²) in [7, 11) is 0. The molecule has 17 heavy (non-hydrogen) atoms. The quantitative estimate of drug-likeness (QED) is 0.912. The molecule has 0 aliphatic heterocycles. The normalized spacial score (nSPS) is 12.4. The van der Waals surface area contributed by atoms with E-state index >= 15 is 0 Å². The van der Waals surface area contributed by atoms with Gasteiger partial charge in [-0.2, -0.15) is 0 Å². The molecule has 2 rings (SSSR count). The molecular weight excluding hydrogens is 241 g/mol. The van der Waals surface area contributed by atoms with E-state index in [1.165, 1.54) is 6.07 Å². The fourth-order valence-corrected chi connectivity index (χ4v) is 1.69. The number of nitrogens with zero attached hydrogens (tertiary/aromatic N) is 2. The van der Waals surface area contributed by atoms with Gasteiger partial charge in [-0.05, 0) is 24.1 Å². The molecule has 0 saturated carbocycles. The second kappa shape index (κ2) is 5.21. The van der Waals surface area contributed by atoms with Gasteiger partial charge in [0.1, 0.15) is 5.82 Å². The number of aromatic nitrogens is 2. The first kappa shape index (κ1) is 12.0. The van der Waals surface area contributed by atoms with Crippen LogP contribution in [-0.4, -0.2) is 9.97 Å². The van der Waals surface area contributed by atoms with Crippen LogP contribution in [0.2, 0.25) is 5.02 Å². The highest BCUT2D eigenvalue weighted by Crippen LogP contribution is 2.19. The van der Waals surface area contributed by atoms with Crippen molar-refractivity contribution in [2.45, 2.75) is 12.5 Å². The van der Waals surface area contributed by atoms with Crippen LogP contribution in [0.15, 0.2) is 36.8 Å². The van der Waals surface area contributed by atoms with E-state index in [0.717, 1.165) is 0 Å². The number of hydrogen-bond donors (Lipinski definition) is 1. The van der Waals surface area contributed by atoms with Gasteiger partial charge in [-0.25, -0.2) is 4.39 Å². The van der Waals surface area contributed by atoms with Crippen LogP contribution in [0.25, 0.3) is 0 Å². The van der Waals surface area contributed by atoms with Crippen LogP contribution >= 0.6 is 11.6 Å². The second-order valence-electron chi connectivity index (χ2n) is 3.68. The fraction of sp³-hybridized carbons (Fsp3) is 0.167. The summed E-state index contributed by atoms with van der Waals surface area (Å²) in [5, 5.41) is 0.374. The standard InChI is InChI=1S/C12H11ClFN3/c13-9-2-1-8(10(14)6-9)5-11(15)12-7-16-3-4-17-12/h1-4,6-7,11H,5,15H2. The van der Waals surface area contributed by atoms with E-state index in [-0.39, 0.29) is 11.9 Å². The van der Waals surface area contributed by atoms with Crippen molar-refractivity contribution in [3.05, 3.63) is 58.9 Å². The van der Waals surface area contributed by atoms with E-state index in [0.29, 0.717) is 22.7 Å². The Kier molecular flexibility index (Phi) is 3.66. The van der Waals surface area contributed by atoms with Gasteiger partial charge in [0.15, 0.2) is 0 Å². The Hall–Kier alpha value is -1.52. The van der Waals surface area contributed by atoms with Crippen LogP contribution in [0.5, 0.6) is 0 Å². The Labute approximate surface area is 103 Å². The molecule has 0 aliphatic carbocycles. The highest BCUT2D eigenvalue weighted by Gasteiger charge is 2.11. The summed E-state index contributed by atoms with van der Waals surface area (Å²) in [5.74, 6) is -0.350. The summed E-state index contributed by atoms with van der Waals surface area (Å²) in [6.07, 6.45) is 5.08. The van der Waals surface area contributed by atoms with Gasteiger partial charge >= 0.3 is 0 Å². The Morgan fingerprint density at radius 2 is 2.18 bits per heavy atom. The molecule has 1 heterocycles. The van der Waals surface area contributed by atoms with Gasteiger partial charge in [0.2, 0.25) is 0 Å². The van der Waals surface area contributed by atoms with Crippen LogP contribution < -0.4 is 5.73 Å². The van der Waals surface area contributed by atoms with Gasteiger partial charge in [-0.3, -0.25) is 9.97 Å². The molecule has 0 fully saturated rings. The summed E-state index contributed by atoms with van der Waals surface area (Å²) < 4.78 is 13.6. The zero-order valence-electron chi connectivity index (χ0n) is 8.98. The van der Waals surface area contributed by atoms with E-state index in [1.807, 2.05) is 0 Å². The first-order valence-corrected chi connectivity index (χ1v) is 5.50. The summed E-state index contributed by atoms with van der Waals surface area (Å²) >= 11 is 5.68. The highest BCUT2D eigenvalue weighted by molar-refractivity contribution is 6.30. The van der Waals surface area contributed by atoms with Gasteiger partial charge in [-0.15, -0.1) is 0 Å². The van der Waals surface area contributed by atoms with Crippen molar-refractivity contribution >= 4 is 11.6 Å². The maximum atomic E-state index is 13.6. The fourth-order valence-electron chi connectivity index (χ4n) is 1.53.